The summed E-state index contributed by atoms with van der Waals surface area (Å²) in [6.45, 7) is 8.54. The Kier molecular flexibility index (Phi) is 6.99. The van der Waals surface area contributed by atoms with Crippen LogP contribution >= 0.6 is 0 Å². The zero-order chi connectivity index (χ0) is 24.3. The minimum Gasteiger partial charge on any atom is -0.379 e. The van der Waals surface area contributed by atoms with Gasteiger partial charge >= 0.3 is 0 Å². The third-order valence-corrected chi connectivity index (χ3v) is 6.61. The Labute approximate surface area is 199 Å². The number of fused-ring (bicyclic) bond motifs is 1. The number of amides is 3. The molecule has 0 radical (unpaired) electrons. The molecule has 0 saturated carbocycles. The number of hydrogen-bond acceptors (Lipinski definition) is 6. The summed E-state index contributed by atoms with van der Waals surface area (Å²) in [4.78, 5) is 42.4. The molecule has 0 bridgehead atoms. The summed E-state index contributed by atoms with van der Waals surface area (Å²) in [5.74, 6) is -0.961. The van der Waals surface area contributed by atoms with Gasteiger partial charge in [-0.15, -0.1) is 0 Å². The van der Waals surface area contributed by atoms with Crippen LogP contribution in [0.25, 0.3) is 0 Å². The van der Waals surface area contributed by atoms with Gasteiger partial charge in [-0.2, -0.15) is 5.10 Å². The molecular formula is C24H32N6O4. The number of carbonyl (C=O) groups excluding carboxylic acids is 3. The fraction of sp³-hybridized carbons (Fsp3) is 0.500. The molecule has 0 aliphatic carbocycles. The fourth-order valence-electron chi connectivity index (χ4n) is 4.16. The van der Waals surface area contributed by atoms with E-state index in [9.17, 15) is 14.4 Å². The maximum atomic E-state index is 13.1. The Morgan fingerprint density at radius 1 is 1.15 bits per heavy atom. The van der Waals surface area contributed by atoms with Crippen LogP contribution in [-0.2, 0) is 22.6 Å². The summed E-state index contributed by atoms with van der Waals surface area (Å²) in [7, 11) is 1.60. The molecule has 4 rings (SSSR count). The van der Waals surface area contributed by atoms with Crippen molar-refractivity contribution in [3.05, 3.63) is 52.8 Å². The van der Waals surface area contributed by atoms with Crippen LogP contribution in [0.5, 0.6) is 0 Å². The van der Waals surface area contributed by atoms with E-state index in [0.717, 1.165) is 30.8 Å². The molecule has 1 saturated heterocycles. The number of carbonyl (C=O) groups is 3. The van der Waals surface area contributed by atoms with Gasteiger partial charge in [0.15, 0.2) is 5.69 Å². The number of rotatable bonds is 7. The monoisotopic (exact) mass is 468 g/mol. The van der Waals surface area contributed by atoms with Crippen LogP contribution < -0.4 is 10.6 Å². The van der Waals surface area contributed by atoms with E-state index in [1.165, 1.54) is 15.6 Å². The highest BCUT2D eigenvalue weighted by molar-refractivity contribution is 6.01. The van der Waals surface area contributed by atoms with Crippen molar-refractivity contribution < 1.29 is 19.1 Å². The molecule has 1 aromatic carbocycles. The minimum absolute atomic E-state index is 0.158. The van der Waals surface area contributed by atoms with Gasteiger partial charge in [0.25, 0.3) is 11.8 Å². The SMILES string of the molecule is Cc1ccc(CNC(=O)[C@]2(C)Cn3nc(C(=O)NCCN4CCOCC4)cc3C(=O)N2C)cc1. The van der Waals surface area contributed by atoms with Gasteiger partial charge in [0, 0.05) is 45.8 Å². The summed E-state index contributed by atoms with van der Waals surface area (Å²) in [5, 5.41) is 10.1. The van der Waals surface area contributed by atoms with Crippen LogP contribution in [0.3, 0.4) is 0 Å². The largest absolute Gasteiger partial charge is 0.379 e. The van der Waals surface area contributed by atoms with Gasteiger partial charge in [-0.3, -0.25) is 24.0 Å². The van der Waals surface area contributed by atoms with E-state index in [1.54, 1.807) is 14.0 Å². The van der Waals surface area contributed by atoms with Gasteiger partial charge in [-0.25, -0.2) is 0 Å². The van der Waals surface area contributed by atoms with Crippen molar-refractivity contribution in [3.8, 4) is 0 Å². The number of likely N-dealkylation sites (N-methyl/N-ethyl adjacent to an activating group) is 1. The summed E-state index contributed by atoms with van der Waals surface area (Å²) in [6, 6.07) is 9.39. The lowest BCUT2D eigenvalue weighted by molar-refractivity contribution is -0.132. The molecule has 0 unspecified atom stereocenters. The van der Waals surface area contributed by atoms with Crippen molar-refractivity contribution in [2.45, 2.75) is 32.5 Å². The van der Waals surface area contributed by atoms with Gasteiger partial charge in [0.05, 0.1) is 19.8 Å². The van der Waals surface area contributed by atoms with Crippen molar-refractivity contribution in [1.29, 1.82) is 0 Å². The second-order valence-corrected chi connectivity index (χ2v) is 9.09. The quantitative estimate of drug-likeness (QED) is 0.610. The van der Waals surface area contributed by atoms with Crippen molar-refractivity contribution in [3.63, 3.8) is 0 Å². The van der Waals surface area contributed by atoms with E-state index in [0.29, 0.717) is 32.0 Å². The van der Waals surface area contributed by atoms with Crippen LogP contribution in [0.2, 0.25) is 0 Å². The molecule has 1 aromatic heterocycles. The Morgan fingerprint density at radius 2 is 1.85 bits per heavy atom. The predicted molar refractivity (Wildman–Crippen MR) is 125 cm³/mol. The molecule has 182 valence electrons. The van der Waals surface area contributed by atoms with E-state index in [-0.39, 0.29) is 30.0 Å². The minimum atomic E-state index is -1.13. The molecule has 3 amide bonds. The molecule has 3 heterocycles. The van der Waals surface area contributed by atoms with Gasteiger partial charge in [0.1, 0.15) is 11.2 Å². The topological polar surface area (TPSA) is 109 Å². The van der Waals surface area contributed by atoms with Gasteiger partial charge in [0.2, 0.25) is 5.91 Å². The molecule has 2 aromatic rings. The van der Waals surface area contributed by atoms with E-state index in [4.69, 9.17) is 4.74 Å². The first-order valence-electron chi connectivity index (χ1n) is 11.6. The number of nitrogens with one attached hydrogen (secondary N) is 2. The third kappa shape index (κ3) is 4.97. The van der Waals surface area contributed by atoms with Crippen molar-refractivity contribution in [2.24, 2.45) is 0 Å². The highest BCUT2D eigenvalue weighted by Gasteiger charge is 2.46. The van der Waals surface area contributed by atoms with Crippen LogP contribution in [0.4, 0.5) is 0 Å². The zero-order valence-corrected chi connectivity index (χ0v) is 20.0. The lowest BCUT2D eigenvalue weighted by atomic mass is 9.95. The summed E-state index contributed by atoms with van der Waals surface area (Å²) < 4.78 is 6.79. The normalized spacial score (nSPS) is 20.7. The number of nitrogens with zero attached hydrogens (tertiary/aromatic N) is 4. The number of hydrogen-bond donors (Lipinski definition) is 2. The second kappa shape index (κ2) is 9.94. The van der Waals surface area contributed by atoms with Crippen molar-refractivity contribution >= 4 is 17.7 Å². The molecule has 1 atom stereocenters. The first-order valence-corrected chi connectivity index (χ1v) is 11.6. The Hall–Kier alpha value is -3.24. The zero-order valence-electron chi connectivity index (χ0n) is 20.0. The number of aromatic nitrogens is 2. The average Bonchev–Trinajstić information content (AvgIpc) is 3.26. The maximum Gasteiger partial charge on any atom is 0.272 e. The molecule has 2 aliphatic heterocycles. The molecule has 10 nitrogen and oxygen atoms in total. The number of ether oxygens (including phenoxy) is 1. The highest BCUT2D eigenvalue weighted by atomic mass is 16.5. The molecule has 34 heavy (non-hydrogen) atoms. The number of benzene rings is 1. The lowest BCUT2D eigenvalue weighted by Crippen LogP contribution is -2.62. The van der Waals surface area contributed by atoms with E-state index in [1.807, 2.05) is 31.2 Å². The molecule has 10 heteroatoms. The van der Waals surface area contributed by atoms with Gasteiger partial charge in [-0.1, -0.05) is 29.8 Å². The van der Waals surface area contributed by atoms with E-state index >= 15 is 0 Å². The van der Waals surface area contributed by atoms with E-state index < -0.39 is 5.54 Å². The van der Waals surface area contributed by atoms with E-state index in [2.05, 4.69) is 20.6 Å². The third-order valence-electron chi connectivity index (χ3n) is 6.61. The maximum absolute atomic E-state index is 13.1. The van der Waals surface area contributed by atoms with Crippen LogP contribution in [-0.4, -0.2) is 89.3 Å². The van der Waals surface area contributed by atoms with Gasteiger partial charge < -0.3 is 20.3 Å². The second-order valence-electron chi connectivity index (χ2n) is 9.09. The highest BCUT2D eigenvalue weighted by Crippen LogP contribution is 2.26. The number of aryl methyl sites for hydroxylation is 1. The first kappa shape index (κ1) is 23.9. The van der Waals surface area contributed by atoms with Crippen LogP contribution in [0.15, 0.2) is 30.3 Å². The fourth-order valence-corrected chi connectivity index (χ4v) is 4.16. The van der Waals surface area contributed by atoms with Crippen LogP contribution in [0.1, 0.15) is 39.0 Å². The molecule has 2 aliphatic rings. The summed E-state index contributed by atoms with van der Waals surface area (Å²) in [6.07, 6.45) is 0. The first-order chi connectivity index (χ1) is 16.3. The Balaban J connectivity index is 1.39. The lowest BCUT2D eigenvalue weighted by Gasteiger charge is -2.40. The summed E-state index contributed by atoms with van der Waals surface area (Å²) in [5.41, 5.74) is 1.45. The molecule has 0 spiro atoms. The Morgan fingerprint density at radius 3 is 2.56 bits per heavy atom. The molecule has 2 N–H and O–H groups in total. The Bertz CT molecular complexity index is 1060. The molecule has 1 fully saturated rings. The predicted octanol–water partition coefficient (Wildman–Crippen LogP) is 0.414. The van der Waals surface area contributed by atoms with Crippen molar-refractivity contribution in [1.82, 2.24) is 30.2 Å². The van der Waals surface area contributed by atoms with Crippen molar-refractivity contribution in [2.75, 3.05) is 46.4 Å². The standard InChI is InChI=1S/C24H32N6O4/c1-17-4-6-18(7-5-17)15-26-23(33)24(2)16-30-20(22(32)28(24)3)14-19(27-30)21(31)25-8-9-29-10-12-34-13-11-29/h4-7,14H,8-13,15-16H2,1-3H3,(H,25,31)(H,26,33)/t24-/m0/s1. The summed E-state index contributed by atoms with van der Waals surface area (Å²) >= 11 is 0. The number of morpholine rings is 1. The average molecular weight is 469 g/mol. The van der Waals surface area contributed by atoms with Crippen LogP contribution in [0, 0.1) is 6.92 Å². The smallest absolute Gasteiger partial charge is 0.272 e. The van der Waals surface area contributed by atoms with Gasteiger partial charge in [-0.05, 0) is 19.4 Å². The molecular weight excluding hydrogens is 436 g/mol.